The highest BCUT2D eigenvalue weighted by Gasteiger charge is 2.30. The van der Waals surface area contributed by atoms with Crippen LogP contribution in [-0.4, -0.2) is 15.9 Å². The first kappa shape index (κ1) is 15.2. The summed E-state index contributed by atoms with van der Waals surface area (Å²) < 4.78 is 0. The molecule has 1 aromatic rings. The van der Waals surface area contributed by atoms with Gasteiger partial charge in [-0.05, 0) is 25.8 Å². The number of rotatable bonds is 5. The lowest BCUT2D eigenvalue weighted by molar-refractivity contribution is -0.392. The van der Waals surface area contributed by atoms with Crippen molar-refractivity contribution in [1.82, 2.24) is 0 Å². The number of nitro benzene ring substituents is 2. The average Bonchev–Trinajstić information content (AvgIpc) is 2.32. The molecule has 1 rings (SSSR count). The summed E-state index contributed by atoms with van der Waals surface area (Å²) in [5.74, 6) is 0. The van der Waals surface area contributed by atoms with Crippen LogP contribution in [0.1, 0.15) is 25.8 Å². The topological polar surface area (TPSA) is 98.3 Å². The largest absolute Gasteiger partial charge is 0.371 e. The van der Waals surface area contributed by atoms with E-state index in [1.165, 1.54) is 13.0 Å². The molecule has 0 fully saturated rings. The van der Waals surface area contributed by atoms with E-state index in [-0.39, 0.29) is 22.4 Å². The molecule has 0 heterocycles. The van der Waals surface area contributed by atoms with Crippen LogP contribution in [0.2, 0.25) is 5.02 Å². The first-order chi connectivity index (χ1) is 8.79. The molecule has 8 heteroatoms. The van der Waals surface area contributed by atoms with Crippen molar-refractivity contribution in [1.29, 1.82) is 0 Å². The maximum absolute atomic E-state index is 11.1. The number of benzene rings is 1. The van der Waals surface area contributed by atoms with Crippen molar-refractivity contribution >= 4 is 28.7 Å². The summed E-state index contributed by atoms with van der Waals surface area (Å²) in [5.41, 5.74) is -0.628. The number of anilines is 1. The second-order valence-electron chi connectivity index (χ2n) is 4.22. The van der Waals surface area contributed by atoms with Crippen LogP contribution < -0.4 is 5.32 Å². The number of hydrogen-bond acceptors (Lipinski definition) is 5. The monoisotopic (exact) mass is 287 g/mol. The summed E-state index contributed by atoms with van der Waals surface area (Å²) in [6.45, 7) is 5.14. The Hall–Kier alpha value is -1.89. The van der Waals surface area contributed by atoms with Gasteiger partial charge in [-0.1, -0.05) is 18.5 Å². The highest BCUT2D eigenvalue weighted by atomic mass is 35.5. The fraction of sp³-hybridized carbons (Fsp3) is 0.455. The molecule has 19 heavy (non-hydrogen) atoms. The minimum atomic E-state index is -0.701. The molecule has 0 radical (unpaired) electrons. The molecule has 1 unspecified atom stereocenters. The second-order valence-corrected chi connectivity index (χ2v) is 4.60. The highest BCUT2D eigenvalue weighted by molar-refractivity contribution is 6.34. The molecule has 0 aliphatic carbocycles. The molecule has 0 aromatic heterocycles. The van der Waals surface area contributed by atoms with E-state index < -0.39 is 15.5 Å². The Labute approximate surface area is 114 Å². The van der Waals surface area contributed by atoms with E-state index in [9.17, 15) is 20.2 Å². The van der Waals surface area contributed by atoms with E-state index in [2.05, 4.69) is 5.32 Å². The van der Waals surface area contributed by atoms with Gasteiger partial charge in [0.2, 0.25) is 0 Å². The van der Waals surface area contributed by atoms with Crippen LogP contribution in [0.4, 0.5) is 17.1 Å². The molecule has 7 nitrogen and oxygen atoms in total. The molecule has 0 amide bonds. The Morgan fingerprint density at radius 1 is 1.37 bits per heavy atom. The molecule has 0 aliphatic rings. The van der Waals surface area contributed by atoms with E-state index in [0.717, 1.165) is 0 Å². The molecule has 104 valence electrons. The quantitative estimate of drug-likeness (QED) is 0.658. The number of nitrogens with zero attached hydrogens (tertiary/aromatic N) is 2. The standard InChI is InChI=1S/C11H14ClN3O4/c1-4-7(3)13-10-8(14(16)17)5-6(2)9(12)11(10)15(18)19/h5,7,13H,4H2,1-3H3. The van der Waals surface area contributed by atoms with Gasteiger partial charge in [-0.3, -0.25) is 20.2 Å². The number of hydrogen-bond donors (Lipinski definition) is 1. The zero-order valence-corrected chi connectivity index (χ0v) is 11.5. The minimum Gasteiger partial charge on any atom is -0.371 e. The zero-order valence-electron chi connectivity index (χ0n) is 10.8. The molecule has 1 aromatic carbocycles. The molecule has 0 bridgehead atoms. The molecule has 0 spiro atoms. The predicted molar refractivity (Wildman–Crippen MR) is 72.9 cm³/mol. The zero-order chi connectivity index (χ0) is 14.7. The number of nitro groups is 2. The normalized spacial score (nSPS) is 12.0. The van der Waals surface area contributed by atoms with Crippen molar-refractivity contribution in [3.63, 3.8) is 0 Å². The molecular weight excluding hydrogens is 274 g/mol. The summed E-state index contributed by atoms with van der Waals surface area (Å²) >= 11 is 5.89. The summed E-state index contributed by atoms with van der Waals surface area (Å²) in [7, 11) is 0. The van der Waals surface area contributed by atoms with E-state index in [1.54, 1.807) is 6.92 Å². The fourth-order valence-corrected chi connectivity index (χ4v) is 1.78. The molecular formula is C11H14ClN3O4. The van der Waals surface area contributed by atoms with Crippen molar-refractivity contribution in [2.75, 3.05) is 5.32 Å². The van der Waals surface area contributed by atoms with Gasteiger partial charge >= 0.3 is 5.69 Å². The summed E-state index contributed by atoms with van der Waals surface area (Å²) in [6.07, 6.45) is 0.666. The van der Waals surface area contributed by atoms with Gasteiger partial charge in [0.05, 0.1) is 9.85 Å². The van der Waals surface area contributed by atoms with Crippen LogP contribution in [0.3, 0.4) is 0 Å². The van der Waals surface area contributed by atoms with Gasteiger partial charge in [-0.2, -0.15) is 0 Å². The lowest BCUT2D eigenvalue weighted by Gasteiger charge is -2.14. The van der Waals surface area contributed by atoms with Gasteiger partial charge in [0.15, 0.2) is 5.69 Å². The Morgan fingerprint density at radius 3 is 2.37 bits per heavy atom. The van der Waals surface area contributed by atoms with E-state index in [1.807, 2.05) is 6.92 Å². The van der Waals surface area contributed by atoms with Crippen LogP contribution in [0.15, 0.2) is 6.07 Å². The Bertz CT molecular complexity index is 533. The van der Waals surface area contributed by atoms with Crippen molar-refractivity contribution in [2.45, 2.75) is 33.2 Å². The number of halogens is 1. The van der Waals surface area contributed by atoms with Gasteiger partial charge in [0.25, 0.3) is 5.69 Å². The first-order valence-corrected chi connectivity index (χ1v) is 6.05. The maximum Gasteiger partial charge on any atom is 0.318 e. The van der Waals surface area contributed by atoms with Crippen LogP contribution in [0.25, 0.3) is 0 Å². The van der Waals surface area contributed by atoms with E-state index in [4.69, 9.17) is 11.6 Å². The minimum absolute atomic E-state index is 0.0820. The third-order valence-corrected chi connectivity index (χ3v) is 3.26. The summed E-state index contributed by atoms with van der Waals surface area (Å²) in [4.78, 5) is 20.8. The lowest BCUT2D eigenvalue weighted by atomic mass is 10.1. The third kappa shape index (κ3) is 3.11. The summed E-state index contributed by atoms with van der Waals surface area (Å²) in [6, 6.07) is 1.09. The maximum atomic E-state index is 11.1. The highest BCUT2D eigenvalue weighted by Crippen LogP contribution is 2.42. The van der Waals surface area contributed by atoms with Gasteiger partial charge in [0.1, 0.15) is 5.02 Å². The van der Waals surface area contributed by atoms with Crippen molar-refractivity contribution in [2.24, 2.45) is 0 Å². The number of nitrogens with one attached hydrogen (secondary N) is 1. The van der Waals surface area contributed by atoms with Crippen LogP contribution in [0, 0.1) is 27.2 Å². The second kappa shape index (κ2) is 5.83. The molecule has 1 N–H and O–H groups in total. The number of aryl methyl sites for hydroxylation is 1. The molecule has 0 saturated heterocycles. The van der Waals surface area contributed by atoms with Gasteiger partial charge in [-0.25, -0.2) is 0 Å². The van der Waals surface area contributed by atoms with Crippen molar-refractivity contribution in [3.8, 4) is 0 Å². The SMILES string of the molecule is CCC(C)Nc1c([N+](=O)[O-])cc(C)c(Cl)c1[N+](=O)[O-]. The van der Waals surface area contributed by atoms with Gasteiger partial charge in [0, 0.05) is 12.1 Å². The Balaban J connectivity index is 3.56. The smallest absolute Gasteiger partial charge is 0.318 e. The summed E-state index contributed by atoms with van der Waals surface area (Å²) in [5, 5.41) is 24.8. The Kier molecular flexibility index (Phi) is 4.66. The Morgan fingerprint density at radius 2 is 1.95 bits per heavy atom. The molecule has 0 saturated carbocycles. The third-order valence-electron chi connectivity index (χ3n) is 2.78. The predicted octanol–water partition coefficient (Wildman–Crippen LogP) is 3.68. The average molecular weight is 288 g/mol. The van der Waals surface area contributed by atoms with Crippen molar-refractivity contribution in [3.05, 3.63) is 36.9 Å². The van der Waals surface area contributed by atoms with Gasteiger partial charge in [-0.15, -0.1) is 0 Å². The van der Waals surface area contributed by atoms with Gasteiger partial charge < -0.3 is 5.32 Å². The molecule has 1 atom stereocenters. The van der Waals surface area contributed by atoms with Crippen molar-refractivity contribution < 1.29 is 9.85 Å². The fourth-order valence-electron chi connectivity index (χ4n) is 1.56. The van der Waals surface area contributed by atoms with E-state index in [0.29, 0.717) is 12.0 Å². The van der Waals surface area contributed by atoms with Crippen LogP contribution >= 0.6 is 11.6 Å². The van der Waals surface area contributed by atoms with Crippen LogP contribution in [0.5, 0.6) is 0 Å². The van der Waals surface area contributed by atoms with Crippen LogP contribution in [-0.2, 0) is 0 Å². The van der Waals surface area contributed by atoms with E-state index >= 15 is 0 Å². The first-order valence-electron chi connectivity index (χ1n) is 5.68. The lowest BCUT2D eigenvalue weighted by Crippen LogP contribution is -2.16. The molecule has 0 aliphatic heterocycles.